The van der Waals surface area contributed by atoms with Crippen molar-refractivity contribution in [3.8, 4) is 0 Å². The molecule has 25 heavy (non-hydrogen) atoms. The van der Waals surface area contributed by atoms with Gasteiger partial charge in [0.2, 0.25) is 0 Å². The molecule has 0 aliphatic heterocycles. The highest BCUT2D eigenvalue weighted by atomic mass is 19.4. The first-order valence-corrected chi connectivity index (χ1v) is 8.18. The molecular weight excluding hydrogens is 336 g/mol. The molecule has 1 fully saturated rings. The van der Waals surface area contributed by atoms with Gasteiger partial charge in [0.1, 0.15) is 5.82 Å². The summed E-state index contributed by atoms with van der Waals surface area (Å²) < 4.78 is 51.9. The van der Waals surface area contributed by atoms with Gasteiger partial charge in [-0.1, -0.05) is 6.42 Å². The molecule has 1 saturated carbocycles. The van der Waals surface area contributed by atoms with Gasteiger partial charge in [0, 0.05) is 17.5 Å². The Balaban J connectivity index is 1.78. The monoisotopic (exact) mass is 354 g/mol. The molecule has 0 bridgehead atoms. The molecule has 1 aromatic carbocycles. The van der Waals surface area contributed by atoms with E-state index in [9.17, 15) is 22.4 Å². The predicted molar refractivity (Wildman–Crippen MR) is 85.7 cm³/mol. The number of nitrogens with one attached hydrogen (secondary N) is 1. The summed E-state index contributed by atoms with van der Waals surface area (Å²) in [6.07, 6.45) is -3.25. The Morgan fingerprint density at radius 1 is 1.24 bits per heavy atom. The van der Waals surface area contributed by atoms with Crippen LogP contribution < -0.4 is 5.32 Å². The van der Waals surface area contributed by atoms with Crippen LogP contribution in [0.25, 0.3) is 10.9 Å². The first kappa shape index (κ1) is 17.6. The lowest BCUT2D eigenvalue weighted by atomic mass is 9.85. The third kappa shape index (κ3) is 3.91. The summed E-state index contributed by atoms with van der Waals surface area (Å²) in [7, 11) is 0. The summed E-state index contributed by atoms with van der Waals surface area (Å²) in [4.78, 5) is 16.7. The summed E-state index contributed by atoms with van der Waals surface area (Å²) in [5, 5.41) is 3.31. The standard InChI is InChI=1S/C18H18F4N2O/c1-10-15(7-11-5-6-13(19)9-16(11)23-10)17(25)24-14-4-2-3-12(8-14)18(20,21)22/h5-7,9,12,14H,2-4,8H2,1H3,(H,24,25). The van der Waals surface area contributed by atoms with Crippen LogP contribution in [0.1, 0.15) is 41.7 Å². The number of aromatic nitrogens is 1. The number of amides is 1. The van der Waals surface area contributed by atoms with Crippen molar-refractivity contribution in [1.29, 1.82) is 0 Å². The van der Waals surface area contributed by atoms with Gasteiger partial charge in [-0.05, 0) is 44.4 Å². The van der Waals surface area contributed by atoms with Crippen LogP contribution in [0.15, 0.2) is 24.3 Å². The van der Waals surface area contributed by atoms with Crippen LogP contribution in [0.4, 0.5) is 17.6 Å². The Labute approximate surface area is 142 Å². The number of hydrogen-bond donors (Lipinski definition) is 1. The smallest absolute Gasteiger partial charge is 0.349 e. The highest BCUT2D eigenvalue weighted by Gasteiger charge is 2.42. The highest BCUT2D eigenvalue weighted by Crippen LogP contribution is 2.37. The van der Waals surface area contributed by atoms with E-state index >= 15 is 0 Å². The van der Waals surface area contributed by atoms with Crippen molar-refractivity contribution in [3.63, 3.8) is 0 Å². The van der Waals surface area contributed by atoms with Crippen molar-refractivity contribution < 1.29 is 22.4 Å². The zero-order valence-electron chi connectivity index (χ0n) is 13.7. The molecule has 7 heteroatoms. The van der Waals surface area contributed by atoms with Gasteiger partial charge < -0.3 is 5.32 Å². The van der Waals surface area contributed by atoms with E-state index < -0.39 is 29.9 Å². The van der Waals surface area contributed by atoms with Gasteiger partial charge in [-0.3, -0.25) is 9.78 Å². The molecule has 3 nitrogen and oxygen atoms in total. The largest absolute Gasteiger partial charge is 0.391 e. The molecule has 2 unspecified atom stereocenters. The second-order valence-corrected chi connectivity index (χ2v) is 6.53. The molecule has 1 amide bonds. The molecule has 1 N–H and O–H groups in total. The topological polar surface area (TPSA) is 42.0 Å². The van der Waals surface area contributed by atoms with Gasteiger partial charge in [-0.25, -0.2) is 4.39 Å². The van der Waals surface area contributed by atoms with E-state index in [1.54, 1.807) is 13.0 Å². The number of pyridine rings is 1. The molecular formula is C18H18F4N2O. The Hall–Kier alpha value is -2.18. The fourth-order valence-corrected chi connectivity index (χ4v) is 3.35. The molecule has 1 heterocycles. The first-order valence-electron chi connectivity index (χ1n) is 8.18. The lowest BCUT2D eigenvalue weighted by Gasteiger charge is -2.31. The van der Waals surface area contributed by atoms with E-state index in [2.05, 4.69) is 10.3 Å². The van der Waals surface area contributed by atoms with Crippen LogP contribution in [-0.4, -0.2) is 23.1 Å². The number of fused-ring (bicyclic) bond motifs is 1. The van der Waals surface area contributed by atoms with Crippen LogP contribution in [0.2, 0.25) is 0 Å². The molecule has 134 valence electrons. The third-order valence-corrected chi connectivity index (χ3v) is 4.69. The fourth-order valence-electron chi connectivity index (χ4n) is 3.35. The van der Waals surface area contributed by atoms with Crippen LogP contribution in [-0.2, 0) is 0 Å². The maximum atomic E-state index is 13.3. The minimum Gasteiger partial charge on any atom is -0.349 e. The maximum absolute atomic E-state index is 13.3. The van der Waals surface area contributed by atoms with Crippen LogP contribution >= 0.6 is 0 Å². The average Bonchev–Trinajstić information content (AvgIpc) is 2.53. The van der Waals surface area contributed by atoms with Crippen molar-refractivity contribution in [2.45, 2.75) is 44.8 Å². The van der Waals surface area contributed by atoms with E-state index in [1.165, 1.54) is 18.2 Å². The highest BCUT2D eigenvalue weighted by molar-refractivity contribution is 5.98. The molecule has 3 rings (SSSR count). The molecule has 2 atom stereocenters. The summed E-state index contributed by atoms with van der Waals surface area (Å²) in [6, 6.07) is 5.16. The summed E-state index contributed by atoms with van der Waals surface area (Å²) >= 11 is 0. The first-order chi connectivity index (χ1) is 11.7. The minimum absolute atomic E-state index is 0.0967. The fraction of sp³-hybridized carbons (Fsp3) is 0.444. The summed E-state index contributed by atoms with van der Waals surface area (Å²) in [5.41, 5.74) is 1.15. The van der Waals surface area contributed by atoms with E-state index in [4.69, 9.17) is 0 Å². The number of aryl methyl sites for hydroxylation is 1. The number of alkyl halides is 3. The Kier molecular flexibility index (Phi) is 4.67. The van der Waals surface area contributed by atoms with Crippen LogP contribution in [0.3, 0.4) is 0 Å². The van der Waals surface area contributed by atoms with E-state index in [-0.39, 0.29) is 12.8 Å². The second kappa shape index (κ2) is 6.61. The van der Waals surface area contributed by atoms with Crippen LogP contribution in [0.5, 0.6) is 0 Å². The van der Waals surface area contributed by atoms with Crippen molar-refractivity contribution in [2.24, 2.45) is 5.92 Å². The van der Waals surface area contributed by atoms with Gasteiger partial charge >= 0.3 is 6.18 Å². The Morgan fingerprint density at radius 2 is 2.00 bits per heavy atom. The molecule has 2 aromatic rings. The quantitative estimate of drug-likeness (QED) is 0.805. The zero-order valence-corrected chi connectivity index (χ0v) is 13.7. The van der Waals surface area contributed by atoms with Crippen molar-refractivity contribution in [1.82, 2.24) is 10.3 Å². The molecule has 1 aliphatic carbocycles. The van der Waals surface area contributed by atoms with Crippen LogP contribution in [0, 0.1) is 18.7 Å². The van der Waals surface area contributed by atoms with Gasteiger partial charge in [0.15, 0.2) is 0 Å². The normalized spacial score (nSPS) is 21.3. The molecule has 0 spiro atoms. The number of hydrogen-bond acceptors (Lipinski definition) is 2. The maximum Gasteiger partial charge on any atom is 0.391 e. The number of halogens is 4. The minimum atomic E-state index is -4.23. The summed E-state index contributed by atoms with van der Waals surface area (Å²) in [5.74, 6) is -2.23. The van der Waals surface area contributed by atoms with E-state index in [1.807, 2.05) is 0 Å². The number of carbonyl (C=O) groups is 1. The van der Waals surface area contributed by atoms with Gasteiger partial charge in [0.25, 0.3) is 5.91 Å². The van der Waals surface area contributed by atoms with Crippen molar-refractivity contribution >= 4 is 16.8 Å². The van der Waals surface area contributed by atoms with Gasteiger partial charge in [0.05, 0.1) is 22.7 Å². The third-order valence-electron chi connectivity index (χ3n) is 4.69. The number of benzene rings is 1. The van der Waals surface area contributed by atoms with Crippen molar-refractivity contribution in [3.05, 3.63) is 41.3 Å². The number of rotatable bonds is 2. The zero-order chi connectivity index (χ0) is 18.2. The second-order valence-electron chi connectivity index (χ2n) is 6.53. The van der Waals surface area contributed by atoms with E-state index in [0.717, 1.165) is 0 Å². The Morgan fingerprint density at radius 3 is 2.72 bits per heavy atom. The predicted octanol–water partition coefficient (Wildman–Crippen LogP) is 4.53. The lowest BCUT2D eigenvalue weighted by Crippen LogP contribution is -2.41. The van der Waals surface area contributed by atoms with Gasteiger partial charge in [-0.2, -0.15) is 13.2 Å². The number of nitrogens with zero attached hydrogens (tertiary/aromatic N) is 1. The number of carbonyl (C=O) groups excluding carboxylic acids is 1. The lowest BCUT2D eigenvalue weighted by molar-refractivity contribution is -0.183. The SMILES string of the molecule is Cc1nc2cc(F)ccc2cc1C(=O)NC1CCCC(C(F)(F)F)C1. The summed E-state index contributed by atoms with van der Waals surface area (Å²) in [6.45, 7) is 1.62. The molecule has 1 aromatic heterocycles. The molecule has 1 aliphatic rings. The van der Waals surface area contributed by atoms with Gasteiger partial charge in [-0.15, -0.1) is 0 Å². The average molecular weight is 354 g/mol. The molecule has 0 radical (unpaired) electrons. The Bertz CT molecular complexity index is 803. The van der Waals surface area contributed by atoms with Crippen molar-refractivity contribution in [2.75, 3.05) is 0 Å². The molecule has 0 saturated heterocycles. The van der Waals surface area contributed by atoms with E-state index in [0.29, 0.717) is 35.0 Å².